The minimum atomic E-state index is -0.368. The molecule has 0 bridgehead atoms. The van der Waals surface area contributed by atoms with Gasteiger partial charge in [0.15, 0.2) is 0 Å². The average molecular weight is 260 g/mol. The van der Waals surface area contributed by atoms with Crippen molar-refractivity contribution in [3.8, 4) is 0 Å². The van der Waals surface area contributed by atoms with Crippen LogP contribution in [0.4, 0.5) is 5.95 Å². The molecule has 2 rings (SSSR count). The topological polar surface area (TPSA) is 75.6 Å². The number of H-pyrrole nitrogens is 1. The number of nitrogens with zero attached hydrogens (tertiary/aromatic N) is 3. The van der Waals surface area contributed by atoms with Crippen molar-refractivity contribution >= 4 is 35.1 Å². The van der Waals surface area contributed by atoms with E-state index in [1.807, 2.05) is 0 Å². The highest BCUT2D eigenvalue weighted by Gasteiger charge is 2.16. The van der Waals surface area contributed by atoms with E-state index in [4.69, 9.17) is 23.2 Å². The number of carbonyl (C=O) groups is 1. The summed E-state index contributed by atoms with van der Waals surface area (Å²) in [7, 11) is 1.64. The molecule has 0 saturated carbocycles. The van der Waals surface area contributed by atoms with E-state index in [2.05, 4.69) is 20.5 Å². The molecule has 0 aliphatic rings. The van der Waals surface area contributed by atoms with Crippen LogP contribution in [-0.4, -0.2) is 25.7 Å². The molecular weight excluding hydrogens is 253 g/mol. The van der Waals surface area contributed by atoms with Gasteiger partial charge in [0, 0.05) is 7.05 Å². The molecule has 1 amide bonds. The third-order valence-corrected chi connectivity index (χ3v) is 2.84. The zero-order valence-corrected chi connectivity index (χ0v) is 9.67. The summed E-state index contributed by atoms with van der Waals surface area (Å²) in [5, 5.41) is 9.26. The molecule has 0 unspecified atom stereocenters. The van der Waals surface area contributed by atoms with E-state index in [9.17, 15) is 4.79 Å². The number of nitrogens with one attached hydrogen (secondary N) is 2. The van der Waals surface area contributed by atoms with Gasteiger partial charge in [-0.15, -0.1) is 0 Å². The van der Waals surface area contributed by atoms with Crippen LogP contribution in [0.15, 0.2) is 12.4 Å². The number of aromatic nitrogens is 4. The predicted molar refractivity (Wildman–Crippen MR) is 59.8 cm³/mol. The molecule has 84 valence electrons. The highest BCUT2D eigenvalue weighted by Crippen LogP contribution is 2.25. The maximum absolute atomic E-state index is 11.8. The first-order valence-corrected chi connectivity index (χ1v) is 5.02. The van der Waals surface area contributed by atoms with Gasteiger partial charge >= 0.3 is 0 Å². The molecule has 0 aromatic carbocycles. The number of hydrogen-bond acceptors (Lipinski definition) is 3. The van der Waals surface area contributed by atoms with E-state index in [0.29, 0.717) is 15.9 Å². The third kappa shape index (κ3) is 1.89. The van der Waals surface area contributed by atoms with Crippen molar-refractivity contribution in [1.29, 1.82) is 0 Å². The second-order valence-corrected chi connectivity index (χ2v) is 3.78. The number of halogens is 2. The Kier molecular flexibility index (Phi) is 2.84. The van der Waals surface area contributed by atoms with Gasteiger partial charge in [0.25, 0.3) is 5.91 Å². The minimum Gasteiger partial charge on any atom is -0.329 e. The van der Waals surface area contributed by atoms with E-state index in [-0.39, 0.29) is 11.9 Å². The van der Waals surface area contributed by atoms with Crippen LogP contribution in [0.2, 0.25) is 10.2 Å². The first kappa shape index (κ1) is 11.0. The predicted octanol–water partition coefficient (Wildman–Crippen LogP) is 1.70. The smallest absolute Gasteiger partial charge is 0.274 e. The van der Waals surface area contributed by atoms with E-state index in [1.165, 1.54) is 17.0 Å². The first-order valence-electron chi connectivity index (χ1n) is 4.27. The Morgan fingerprint density at radius 3 is 2.81 bits per heavy atom. The SMILES string of the molecule is Cn1c(C(=O)Nc2ncn[nH]2)cc(Cl)c1Cl. The van der Waals surface area contributed by atoms with Gasteiger partial charge in [0.05, 0.1) is 5.02 Å². The number of amides is 1. The zero-order valence-electron chi connectivity index (χ0n) is 8.16. The van der Waals surface area contributed by atoms with Gasteiger partial charge in [-0.2, -0.15) is 10.1 Å². The molecule has 0 saturated heterocycles. The fraction of sp³-hybridized carbons (Fsp3) is 0.125. The Balaban J connectivity index is 2.24. The first-order chi connectivity index (χ1) is 7.59. The van der Waals surface area contributed by atoms with Gasteiger partial charge in [0.2, 0.25) is 5.95 Å². The van der Waals surface area contributed by atoms with Gasteiger partial charge in [-0.3, -0.25) is 10.1 Å². The molecule has 2 heterocycles. The molecule has 0 aliphatic heterocycles. The van der Waals surface area contributed by atoms with Crippen LogP contribution >= 0.6 is 23.2 Å². The Morgan fingerprint density at radius 2 is 2.31 bits per heavy atom. The summed E-state index contributed by atoms with van der Waals surface area (Å²) in [5.41, 5.74) is 0.339. The van der Waals surface area contributed by atoms with Crippen LogP contribution in [0.25, 0.3) is 0 Å². The van der Waals surface area contributed by atoms with Crippen LogP contribution in [-0.2, 0) is 7.05 Å². The lowest BCUT2D eigenvalue weighted by Crippen LogP contribution is -2.16. The van der Waals surface area contributed by atoms with Crippen LogP contribution < -0.4 is 5.32 Å². The number of carbonyl (C=O) groups excluding carboxylic acids is 1. The van der Waals surface area contributed by atoms with E-state index in [1.54, 1.807) is 7.05 Å². The van der Waals surface area contributed by atoms with Crippen molar-refractivity contribution < 1.29 is 4.79 Å². The Hall–Kier alpha value is -1.53. The van der Waals surface area contributed by atoms with Crippen molar-refractivity contribution in [3.05, 3.63) is 28.3 Å². The average Bonchev–Trinajstić information content (AvgIpc) is 2.83. The third-order valence-electron chi connectivity index (χ3n) is 2.00. The Morgan fingerprint density at radius 1 is 1.56 bits per heavy atom. The molecule has 0 spiro atoms. The molecule has 16 heavy (non-hydrogen) atoms. The molecule has 8 heteroatoms. The molecule has 2 aromatic rings. The van der Waals surface area contributed by atoms with Crippen molar-refractivity contribution in [2.45, 2.75) is 0 Å². The summed E-state index contributed by atoms with van der Waals surface area (Å²) in [4.78, 5) is 15.5. The molecule has 2 aromatic heterocycles. The summed E-state index contributed by atoms with van der Waals surface area (Å²) >= 11 is 11.6. The maximum Gasteiger partial charge on any atom is 0.274 e. The lowest BCUT2D eigenvalue weighted by Gasteiger charge is -2.03. The van der Waals surface area contributed by atoms with Crippen LogP contribution in [0.1, 0.15) is 10.5 Å². The van der Waals surface area contributed by atoms with Crippen molar-refractivity contribution in [1.82, 2.24) is 19.7 Å². The van der Waals surface area contributed by atoms with E-state index in [0.717, 1.165) is 0 Å². The quantitative estimate of drug-likeness (QED) is 0.862. The second kappa shape index (κ2) is 4.15. The van der Waals surface area contributed by atoms with Gasteiger partial charge in [-0.25, -0.2) is 5.10 Å². The van der Waals surface area contributed by atoms with Crippen LogP contribution in [0.5, 0.6) is 0 Å². The van der Waals surface area contributed by atoms with Crippen molar-refractivity contribution in [2.24, 2.45) is 7.05 Å². The Labute approximate surface area is 101 Å². The molecule has 0 fully saturated rings. The molecule has 0 radical (unpaired) electrons. The summed E-state index contributed by atoms with van der Waals surface area (Å²) in [6.07, 6.45) is 1.29. The van der Waals surface area contributed by atoms with E-state index >= 15 is 0 Å². The Bertz CT molecular complexity index is 519. The number of aromatic amines is 1. The zero-order chi connectivity index (χ0) is 11.7. The lowest BCUT2D eigenvalue weighted by molar-refractivity contribution is 0.101. The summed E-state index contributed by atoms with van der Waals surface area (Å²) in [6.45, 7) is 0. The van der Waals surface area contributed by atoms with Gasteiger partial charge in [0.1, 0.15) is 17.2 Å². The monoisotopic (exact) mass is 259 g/mol. The molecule has 2 N–H and O–H groups in total. The van der Waals surface area contributed by atoms with Crippen LogP contribution in [0.3, 0.4) is 0 Å². The van der Waals surface area contributed by atoms with Crippen molar-refractivity contribution in [2.75, 3.05) is 5.32 Å². The van der Waals surface area contributed by atoms with E-state index < -0.39 is 0 Å². The van der Waals surface area contributed by atoms with Crippen molar-refractivity contribution in [3.63, 3.8) is 0 Å². The normalized spacial score (nSPS) is 10.4. The largest absolute Gasteiger partial charge is 0.329 e. The number of rotatable bonds is 2. The summed E-state index contributed by atoms with van der Waals surface area (Å²) in [5.74, 6) is -0.105. The second-order valence-electron chi connectivity index (χ2n) is 3.02. The fourth-order valence-electron chi connectivity index (χ4n) is 1.20. The standard InChI is InChI=1S/C8H7Cl2N5O/c1-15-5(2-4(9)6(15)10)7(16)13-8-11-3-12-14-8/h2-3H,1H3,(H2,11,12,13,14,16). The fourth-order valence-corrected chi connectivity index (χ4v) is 1.57. The molecule has 6 nitrogen and oxygen atoms in total. The molecule has 0 aliphatic carbocycles. The minimum absolute atomic E-state index is 0.262. The van der Waals surface area contributed by atoms with Gasteiger partial charge in [-0.1, -0.05) is 23.2 Å². The lowest BCUT2D eigenvalue weighted by atomic mass is 10.4. The molecular formula is C8H7Cl2N5O. The van der Waals surface area contributed by atoms with Gasteiger partial charge < -0.3 is 4.57 Å². The van der Waals surface area contributed by atoms with Crippen LogP contribution in [0, 0.1) is 0 Å². The maximum atomic E-state index is 11.8. The highest BCUT2D eigenvalue weighted by atomic mass is 35.5. The number of hydrogen-bond donors (Lipinski definition) is 2. The number of anilines is 1. The van der Waals surface area contributed by atoms with Gasteiger partial charge in [-0.05, 0) is 6.07 Å². The summed E-state index contributed by atoms with van der Waals surface area (Å²) < 4.78 is 1.48. The highest BCUT2D eigenvalue weighted by molar-refractivity contribution is 6.42. The summed E-state index contributed by atoms with van der Waals surface area (Å²) in [6, 6.07) is 1.48. The molecule has 0 atom stereocenters.